The van der Waals surface area contributed by atoms with Crippen LogP contribution in [0.3, 0.4) is 0 Å². The molecule has 0 aromatic carbocycles. The third kappa shape index (κ3) is 3.49. The molecule has 0 unspecified atom stereocenters. The molecule has 72 valence electrons. The molecule has 0 bridgehead atoms. The zero-order valence-electron chi connectivity index (χ0n) is 7.37. The summed E-state index contributed by atoms with van der Waals surface area (Å²) in [5.74, 6) is 0. The van der Waals surface area contributed by atoms with Crippen LogP contribution in [0.25, 0.3) is 0 Å². The van der Waals surface area contributed by atoms with E-state index in [1.54, 1.807) is 0 Å². The van der Waals surface area contributed by atoms with Crippen LogP contribution in [-0.2, 0) is 0 Å². The number of hydrogen-bond acceptors (Lipinski definition) is 4. The van der Waals surface area contributed by atoms with E-state index < -0.39 is 6.10 Å². The van der Waals surface area contributed by atoms with E-state index in [2.05, 4.69) is 10.4 Å². The average molecular weight is 174 g/mol. The van der Waals surface area contributed by atoms with Gasteiger partial charge in [-0.1, -0.05) is 6.42 Å². The van der Waals surface area contributed by atoms with Gasteiger partial charge in [-0.25, -0.2) is 5.01 Å². The van der Waals surface area contributed by atoms with E-state index in [1.807, 2.05) is 0 Å². The Hall–Kier alpha value is -0.160. The maximum Gasteiger partial charge on any atom is 0.0908 e. The van der Waals surface area contributed by atoms with Gasteiger partial charge >= 0.3 is 0 Å². The fourth-order valence-corrected chi connectivity index (χ4v) is 1.35. The highest BCUT2D eigenvalue weighted by Crippen LogP contribution is 2.05. The third-order valence-electron chi connectivity index (χ3n) is 2.12. The number of hydrazine groups is 1. The maximum atomic E-state index is 9.05. The van der Waals surface area contributed by atoms with Crippen molar-refractivity contribution in [3.63, 3.8) is 0 Å². The van der Waals surface area contributed by atoms with Crippen molar-refractivity contribution in [1.29, 1.82) is 0 Å². The first-order valence-electron chi connectivity index (χ1n) is 4.60. The predicted molar refractivity (Wildman–Crippen MR) is 46.5 cm³/mol. The molecule has 1 heterocycles. The Morgan fingerprint density at radius 1 is 1.25 bits per heavy atom. The zero-order chi connectivity index (χ0) is 8.81. The largest absolute Gasteiger partial charge is 0.394 e. The minimum Gasteiger partial charge on any atom is -0.394 e. The number of nitrogens with zero attached hydrogens (tertiary/aromatic N) is 1. The van der Waals surface area contributed by atoms with Crippen molar-refractivity contribution in [3.8, 4) is 0 Å². The third-order valence-corrected chi connectivity index (χ3v) is 2.12. The highest BCUT2D eigenvalue weighted by Gasteiger charge is 2.10. The molecule has 1 atom stereocenters. The minimum absolute atomic E-state index is 0.166. The van der Waals surface area contributed by atoms with Gasteiger partial charge in [0.15, 0.2) is 0 Å². The summed E-state index contributed by atoms with van der Waals surface area (Å²) in [4.78, 5) is 0. The van der Waals surface area contributed by atoms with E-state index in [-0.39, 0.29) is 6.61 Å². The van der Waals surface area contributed by atoms with Crippen molar-refractivity contribution >= 4 is 0 Å². The van der Waals surface area contributed by atoms with Gasteiger partial charge in [0.1, 0.15) is 0 Å². The Morgan fingerprint density at radius 2 is 1.92 bits per heavy atom. The number of rotatable bonds is 4. The summed E-state index contributed by atoms with van der Waals surface area (Å²) in [5.41, 5.74) is 3.10. The molecule has 0 aromatic rings. The molecule has 1 rings (SSSR count). The first-order chi connectivity index (χ1) is 5.83. The van der Waals surface area contributed by atoms with E-state index >= 15 is 0 Å². The molecule has 0 aliphatic carbocycles. The first kappa shape index (κ1) is 9.92. The van der Waals surface area contributed by atoms with Gasteiger partial charge in [0.2, 0.25) is 0 Å². The fourth-order valence-electron chi connectivity index (χ4n) is 1.35. The Labute approximate surface area is 73.2 Å². The van der Waals surface area contributed by atoms with Crippen LogP contribution in [0.15, 0.2) is 0 Å². The SMILES string of the molecule is OC[C@@H](O)CNN1CCCCC1. The second kappa shape index (κ2) is 5.48. The van der Waals surface area contributed by atoms with E-state index in [1.165, 1.54) is 19.3 Å². The van der Waals surface area contributed by atoms with Crippen molar-refractivity contribution in [2.45, 2.75) is 25.4 Å². The van der Waals surface area contributed by atoms with E-state index in [4.69, 9.17) is 10.2 Å². The maximum absolute atomic E-state index is 9.05. The van der Waals surface area contributed by atoms with Crippen LogP contribution in [0.4, 0.5) is 0 Å². The van der Waals surface area contributed by atoms with E-state index in [9.17, 15) is 0 Å². The standard InChI is InChI=1S/C8H18N2O2/c11-7-8(12)6-9-10-4-2-1-3-5-10/h8-9,11-12H,1-7H2/t8-/m0/s1. The van der Waals surface area contributed by atoms with Crippen LogP contribution in [-0.4, -0.2) is 47.6 Å². The summed E-state index contributed by atoms with van der Waals surface area (Å²) in [6.07, 6.45) is 3.12. The molecular weight excluding hydrogens is 156 g/mol. The van der Waals surface area contributed by atoms with Gasteiger partial charge in [-0.05, 0) is 12.8 Å². The molecule has 4 nitrogen and oxygen atoms in total. The highest BCUT2D eigenvalue weighted by molar-refractivity contribution is 4.62. The van der Waals surface area contributed by atoms with Crippen LogP contribution in [0, 0.1) is 0 Å². The lowest BCUT2D eigenvalue weighted by atomic mass is 10.2. The Bertz CT molecular complexity index is 116. The zero-order valence-corrected chi connectivity index (χ0v) is 7.37. The summed E-state index contributed by atoms with van der Waals surface area (Å²) in [6, 6.07) is 0. The minimum atomic E-state index is -0.632. The number of piperidine rings is 1. The monoisotopic (exact) mass is 174 g/mol. The Morgan fingerprint density at radius 3 is 2.50 bits per heavy atom. The van der Waals surface area contributed by atoms with Crippen molar-refractivity contribution < 1.29 is 10.2 Å². The van der Waals surface area contributed by atoms with Gasteiger partial charge in [-0.3, -0.25) is 5.43 Å². The quantitative estimate of drug-likeness (QED) is 0.529. The van der Waals surface area contributed by atoms with Crippen molar-refractivity contribution in [2.24, 2.45) is 0 Å². The molecule has 1 saturated heterocycles. The van der Waals surface area contributed by atoms with Crippen LogP contribution in [0.1, 0.15) is 19.3 Å². The summed E-state index contributed by atoms with van der Waals surface area (Å²) < 4.78 is 0. The lowest BCUT2D eigenvalue weighted by Gasteiger charge is -2.27. The summed E-state index contributed by atoms with van der Waals surface area (Å²) >= 11 is 0. The van der Waals surface area contributed by atoms with Gasteiger partial charge in [0.25, 0.3) is 0 Å². The fraction of sp³-hybridized carbons (Fsp3) is 1.00. The number of hydrogen-bond donors (Lipinski definition) is 3. The lowest BCUT2D eigenvalue weighted by Crippen LogP contribution is -2.45. The predicted octanol–water partition coefficient (Wildman–Crippen LogP) is -0.670. The molecule has 0 radical (unpaired) electrons. The van der Waals surface area contributed by atoms with E-state index in [0.29, 0.717) is 6.54 Å². The summed E-state index contributed by atoms with van der Waals surface area (Å²) in [5, 5.41) is 19.7. The Kier molecular flexibility index (Phi) is 4.53. The van der Waals surface area contributed by atoms with Gasteiger partial charge in [0, 0.05) is 19.6 Å². The molecule has 0 aromatic heterocycles. The topological polar surface area (TPSA) is 55.7 Å². The summed E-state index contributed by atoms with van der Waals surface area (Å²) in [7, 11) is 0. The molecule has 1 fully saturated rings. The molecule has 4 heteroatoms. The molecule has 0 amide bonds. The number of aliphatic hydroxyl groups excluding tert-OH is 2. The Balaban J connectivity index is 2.05. The molecule has 1 aliphatic rings. The van der Waals surface area contributed by atoms with Crippen LogP contribution >= 0.6 is 0 Å². The molecule has 0 spiro atoms. The molecule has 1 aliphatic heterocycles. The second-order valence-corrected chi connectivity index (χ2v) is 3.25. The second-order valence-electron chi connectivity index (χ2n) is 3.25. The van der Waals surface area contributed by atoms with Gasteiger partial charge < -0.3 is 10.2 Å². The van der Waals surface area contributed by atoms with Crippen molar-refractivity contribution in [1.82, 2.24) is 10.4 Å². The van der Waals surface area contributed by atoms with Gasteiger partial charge in [-0.15, -0.1) is 0 Å². The van der Waals surface area contributed by atoms with Gasteiger partial charge in [-0.2, -0.15) is 0 Å². The highest BCUT2D eigenvalue weighted by atomic mass is 16.3. The number of aliphatic hydroxyl groups is 2. The molecule has 3 N–H and O–H groups in total. The molecule has 0 saturated carbocycles. The molecule has 12 heavy (non-hydrogen) atoms. The van der Waals surface area contributed by atoms with E-state index in [0.717, 1.165) is 13.1 Å². The summed E-state index contributed by atoms with van der Waals surface area (Å²) in [6.45, 7) is 2.40. The first-order valence-corrected chi connectivity index (χ1v) is 4.60. The lowest BCUT2D eigenvalue weighted by molar-refractivity contribution is 0.0609. The van der Waals surface area contributed by atoms with Crippen molar-refractivity contribution in [2.75, 3.05) is 26.2 Å². The number of nitrogens with one attached hydrogen (secondary N) is 1. The normalized spacial score (nSPS) is 22.5. The van der Waals surface area contributed by atoms with Crippen LogP contribution < -0.4 is 5.43 Å². The van der Waals surface area contributed by atoms with Crippen LogP contribution in [0.5, 0.6) is 0 Å². The van der Waals surface area contributed by atoms with Gasteiger partial charge in [0.05, 0.1) is 12.7 Å². The smallest absolute Gasteiger partial charge is 0.0908 e. The van der Waals surface area contributed by atoms with Crippen molar-refractivity contribution in [3.05, 3.63) is 0 Å². The van der Waals surface area contributed by atoms with Crippen LogP contribution in [0.2, 0.25) is 0 Å². The average Bonchev–Trinajstić information content (AvgIpc) is 2.16. The molecular formula is C8H18N2O2.